The fourth-order valence-corrected chi connectivity index (χ4v) is 3.17. The first kappa shape index (κ1) is 13.3. The summed E-state index contributed by atoms with van der Waals surface area (Å²) in [6, 6.07) is 11.3. The molecule has 0 aliphatic rings. The first-order valence-electron chi connectivity index (χ1n) is 5.96. The highest BCUT2D eigenvalue weighted by atomic mass is 79.9. The number of halogens is 2. The standard InChI is InChI=1S/C16H16BrF/c1-10-4-7-14(12(3)8-10)16(17)15-9-13(18)6-5-11(15)2/h4-9,16H,1-3H3. The smallest absolute Gasteiger partial charge is 0.123 e. The van der Waals surface area contributed by atoms with Crippen LogP contribution >= 0.6 is 15.9 Å². The minimum Gasteiger partial charge on any atom is -0.207 e. The van der Waals surface area contributed by atoms with Crippen LogP contribution in [-0.4, -0.2) is 0 Å². The van der Waals surface area contributed by atoms with E-state index in [-0.39, 0.29) is 10.6 Å². The summed E-state index contributed by atoms with van der Waals surface area (Å²) in [5.74, 6) is -0.190. The van der Waals surface area contributed by atoms with Crippen LogP contribution in [0.5, 0.6) is 0 Å². The van der Waals surface area contributed by atoms with Gasteiger partial charge in [-0.3, -0.25) is 0 Å². The minimum atomic E-state index is -0.190. The van der Waals surface area contributed by atoms with Crippen LogP contribution in [0.25, 0.3) is 0 Å². The second-order valence-electron chi connectivity index (χ2n) is 4.72. The molecule has 0 amide bonds. The summed E-state index contributed by atoms with van der Waals surface area (Å²) in [6.45, 7) is 6.17. The van der Waals surface area contributed by atoms with Gasteiger partial charge in [0, 0.05) is 0 Å². The maximum Gasteiger partial charge on any atom is 0.123 e. The molecule has 0 spiro atoms. The van der Waals surface area contributed by atoms with Crippen LogP contribution in [0.2, 0.25) is 0 Å². The highest BCUT2D eigenvalue weighted by molar-refractivity contribution is 9.09. The van der Waals surface area contributed by atoms with Crippen molar-refractivity contribution in [3.8, 4) is 0 Å². The predicted molar refractivity (Wildman–Crippen MR) is 77.8 cm³/mol. The zero-order chi connectivity index (χ0) is 13.3. The van der Waals surface area contributed by atoms with Crippen molar-refractivity contribution in [2.24, 2.45) is 0 Å². The Bertz CT molecular complexity index is 575. The molecule has 0 N–H and O–H groups in total. The summed E-state index contributed by atoms with van der Waals surface area (Å²) in [5.41, 5.74) is 5.74. The van der Waals surface area contributed by atoms with E-state index >= 15 is 0 Å². The summed E-state index contributed by atoms with van der Waals surface area (Å²) in [6.07, 6.45) is 0. The minimum absolute atomic E-state index is 0.0359. The van der Waals surface area contributed by atoms with Gasteiger partial charge in [0.2, 0.25) is 0 Å². The second kappa shape index (κ2) is 5.23. The number of hydrogen-bond donors (Lipinski definition) is 0. The first-order chi connectivity index (χ1) is 8.49. The third-order valence-electron chi connectivity index (χ3n) is 3.21. The maximum absolute atomic E-state index is 13.4. The quantitative estimate of drug-likeness (QED) is 0.666. The monoisotopic (exact) mass is 306 g/mol. The Morgan fingerprint density at radius 2 is 1.61 bits per heavy atom. The molecule has 0 aromatic heterocycles. The van der Waals surface area contributed by atoms with E-state index in [1.54, 1.807) is 6.07 Å². The molecule has 0 saturated carbocycles. The summed E-state index contributed by atoms with van der Waals surface area (Å²) in [5, 5.41) is 0. The lowest BCUT2D eigenvalue weighted by atomic mass is 9.96. The Kier molecular flexibility index (Phi) is 3.86. The summed E-state index contributed by atoms with van der Waals surface area (Å²) < 4.78 is 13.4. The van der Waals surface area contributed by atoms with Crippen LogP contribution in [0.4, 0.5) is 4.39 Å². The Labute approximate surface area is 116 Å². The molecule has 0 fully saturated rings. The van der Waals surface area contributed by atoms with E-state index in [1.165, 1.54) is 22.8 Å². The largest absolute Gasteiger partial charge is 0.207 e. The highest BCUT2D eigenvalue weighted by Crippen LogP contribution is 2.35. The van der Waals surface area contributed by atoms with Gasteiger partial charge in [0.15, 0.2) is 0 Å². The van der Waals surface area contributed by atoms with Gasteiger partial charge in [-0.2, -0.15) is 0 Å². The molecule has 0 heterocycles. The van der Waals surface area contributed by atoms with E-state index in [2.05, 4.69) is 48.0 Å². The van der Waals surface area contributed by atoms with Gasteiger partial charge in [0.1, 0.15) is 5.82 Å². The summed E-state index contributed by atoms with van der Waals surface area (Å²) in [4.78, 5) is 0.0359. The summed E-state index contributed by atoms with van der Waals surface area (Å²) >= 11 is 3.69. The van der Waals surface area contributed by atoms with Crippen LogP contribution < -0.4 is 0 Å². The molecule has 0 nitrogen and oxygen atoms in total. The SMILES string of the molecule is Cc1ccc(C(Br)c2cc(F)ccc2C)c(C)c1. The third kappa shape index (κ3) is 2.64. The van der Waals surface area contributed by atoms with Crippen LogP contribution in [-0.2, 0) is 0 Å². The summed E-state index contributed by atoms with van der Waals surface area (Å²) in [7, 11) is 0. The number of alkyl halides is 1. The molecule has 2 aromatic carbocycles. The van der Waals surface area contributed by atoms with Gasteiger partial charge in [-0.25, -0.2) is 4.39 Å². The molecule has 2 heteroatoms. The Morgan fingerprint density at radius 3 is 2.28 bits per heavy atom. The molecular weight excluding hydrogens is 291 g/mol. The van der Waals surface area contributed by atoms with Gasteiger partial charge in [-0.05, 0) is 55.2 Å². The van der Waals surface area contributed by atoms with Crippen LogP contribution in [0.1, 0.15) is 32.6 Å². The molecule has 0 bridgehead atoms. The number of rotatable bonds is 2. The zero-order valence-electron chi connectivity index (χ0n) is 10.8. The molecule has 1 unspecified atom stereocenters. The van der Waals surface area contributed by atoms with Crippen LogP contribution in [0, 0.1) is 26.6 Å². The van der Waals surface area contributed by atoms with E-state index in [0.717, 1.165) is 11.1 Å². The van der Waals surface area contributed by atoms with Gasteiger partial charge in [0.05, 0.1) is 4.83 Å². The van der Waals surface area contributed by atoms with E-state index in [4.69, 9.17) is 0 Å². The average Bonchev–Trinajstić information content (AvgIpc) is 2.31. The van der Waals surface area contributed by atoms with Crippen molar-refractivity contribution >= 4 is 15.9 Å². The molecule has 1 atom stereocenters. The Morgan fingerprint density at radius 1 is 0.889 bits per heavy atom. The number of hydrogen-bond acceptors (Lipinski definition) is 0. The van der Waals surface area contributed by atoms with Gasteiger partial charge in [-0.1, -0.05) is 45.8 Å². The van der Waals surface area contributed by atoms with Crippen molar-refractivity contribution in [1.82, 2.24) is 0 Å². The maximum atomic E-state index is 13.4. The van der Waals surface area contributed by atoms with E-state index in [9.17, 15) is 4.39 Å². The lowest BCUT2D eigenvalue weighted by Crippen LogP contribution is -1.99. The number of benzene rings is 2. The van der Waals surface area contributed by atoms with Gasteiger partial charge in [-0.15, -0.1) is 0 Å². The average molecular weight is 307 g/mol. The molecule has 18 heavy (non-hydrogen) atoms. The van der Waals surface area contributed by atoms with Crippen LogP contribution in [0.15, 0.2) is 36.4 Å². The predicted octanol–water partition coefficient (Wildman–Crippen LogP) is 5.24. The fraction of sp³-hybridized carbons (Fsp3) is 0.250. The molecule has 94 valence electrons. The van der Waals surface area contributed by atoms with Crippen molar-refractivity contribution in [3.63, 3.8) is 0 Å². The van der Waals surface area contributed by atoms with Crippen molar-refractivity contribution in [1.29, 1.82) is 0 Å². The van der Waals surface area contributed by atoms with Gasteiger partial charge < -0.3 is 0 Å². The molecule has 0 aliphatic heterocycles. The number of aryl methyl sites for hydroxylation is 3. The van der Waals surface area contributed by atoms with E-state index in [1.807, 2.05) is 13.0 Å². The molecule has 2 aromatic rings. The van der Waals surface area contributed by atoms with E-state index < -0.39 is 0 Å². The highest BCUT2D eigenvalue weighted by Gasteiger charge is 2.15. The zero-order valence-corrected chi connectivity index (χ0v) is 12.4. The Hall–Kier alpha value is -1.15. The van der Waals surface area contributed by atoms with Gasteiger partial charge in [0.25, 0.3) is 0 Å². The topological polar surface area (TPSA) is 0 Å². The molecule has 0 saturated heterocycles. The van der Waals surface area contributed by atoms with Crippen molar-refractivity contribution in [2.75, 3.05) is 0 Å². The normalized spacial score (nSPS) is 12.5. The molecule has 0 radical (unpaired) electrons. The van der Waals surface area contributed by atoms with Crippen molar-refractivity contribution in [3.05, 3.63) is 70.0 Å². The van der Waals surface area contributed by atoms with E-state index in [0.29, 0.717) is 0 Å². The fourth-order valence-electron chi connectivity index (χ4n) is 2.16. The van der Waals surface area contributed by atoms with Crippen molar-refractivity contribution < 1.29 is 4.39 Å². The first-order valence-corrected chi connectivity index (χ1v) is 6.88. The molecular formula is C16H16BrF. The lowest BCUT2D eigenvalue weighted by Gasteiger charge is -2.16. The van der Waals surface area contributed by atoms with Gasteiger partial charge >= 0.3 is 0 Å². The van der Waals surface area contributed by atoms with Crippen LogP contribution in [0.3, 0.4) is 0 Å². The van der Waals surface area contributed by atoms with Crippen molar-refractivity contribution in [2.45, 2.75) is 25.6 Å². The molecule has 0 aliphatic carbocycles. The third-order valence-corrected chi connectivity index (χ3v) is 4.20. The second-order valence-corrected chi connectivity index (χ2v) is 5.64. The Balaban J connectivity index is 2.47. The molecule has 2 rings (SSSR count). The lowest BCUT2D eigenvalue weighted by molar-refractivity contribution is 0.625.